The number of thiazole rings is 1. The molecule has 1 aliphatic rings. The largest absolute Gasteiger partial charge is 0.493 e. The Hall–Kier alpha value is -3.77. The summed E-state index contributed by atoms with van der Waals surface area (Å²) < 4.78 is 33.2. The average molecular weight is 685 g/mol. The number of aromatic nitrogens is 1. The van der Waals surface area contributed by atoms with E-state index < -0.39 is 12.0 Å². The third-order valence-corrected chi connectivity index (χ3v) is 8.22. The summed E-state index contributed by atoms with van der Waals surface area (Å²) in [6.45, 7) is 2.09. The zero-order chi connectivity index (χ0) is 29.1. The van der Waals surface area contributed by atoms with Crippen LogP contribution in [-0.4, -0.2) is 24.8 Å². The molecule has 210 valence electrons. The fourth-order valence-corrected chi connectivity index (χ4v) is 6.32. The van der Waals surface area contributed by atoms with Crippen molar-refractivity contribution in [2.75, 3.05) is 14.2 Å². The first-order valence-corrected chi connectivity index (χ1v) is 14.7. The SMILES string of the molecule is CCC1=C(C(=O)OC)[C@H](c2ccccc2)n2c(s/c(=C/c3cc(I)cc(OC)c3OCc3ccc(F)cc3)c2=O)=N1. The number of fused-ring (bicyclic) bond motifs is 1. The van der Waals surface area contributed by atoms with Crippen LogP contribution in [0, 0.1) is 9.39 Å². The first-order chi connectivity index (χ1) is 19.8. The molecule has 0 amide bonds. The summed E-state index contributed by atoms with van der Waals surface area (Å²) in [4.78, 5) is 32.2. The van der Waals surface area contributed by atoms with Crippen molar-refractivity contribution in [1.82, 2.24) is 4.57 Å². The van der Waals surface area contributed by atoms with E-state index in [1.165, 1.54) is 30.6 Å². The molecule has 0 saturated heterocycles. The highest BCUT2D eigenvalue weighted by atomic mass is 127. The molecule has 3 aromatic carbocycles. The number of nitrogens with zero attached hydrogens (tertiary/aromatic N) is 2. The summed E-state index contributed by atoms with van der Waals surface area (Å²) in [5, 5.41) is 0. The van der Waals surface area contributed by atoms with E-state index in [2.05, 4.69) is 22.6 Å². The number of esters is 1. The number of carbonyl (C=O) groups excluding carboxylic acids is 1. The number of allylic oxidation sites excluding steroid dienone is 1. The number of halogens is 2. The van der Waals surface area contributed by atoms with Crippen LogP contribution in [0.2, 0.25) is 0 Å². The summed E-state index contributed by atoms with van der Waals surface area (Å²) in [5.41, 5.74) is 2.84. The monoisotopic (exact) mass is 684 g/mol. The van der Waals surface area contributed by atoms with Gasteiger partial charge < -0.3 is 14.2 Å². The molecule has 1 aliphatic heterocycles. The molecule has 0 bridgehead atoms. The first kappa shape index (κ1) is 28.7. The standard InChI is InChI=1S/C31H26FIN2O5S/c1-4-23-26(30(37)39-3)27(19-8-6-5-7-9-19)35-29(36)25(41-31(35)34-23)15-20-14-22(33)16-24(38-2)28(20)40-17-18-10-12-21(32)13-11-18/h5-16,27H,4,17H2,1-3H3/b25-15+/t27-/m0/s1. The Labute approximate surface area is 253 Å². The Morgan fingerprint density at radius 2 is 1.85 bits per heavy atom. The lowest BCUT2D eigenvalue weighted by Crippen LogP contribution is -2.40. The normalized spacial score (nSPS) is 14.9. The second kappa shape index (κ2) is 12.4. The van der Waals surface area contributed by atoms with Crippen LogP contribution in [0.5, 0.6) is 11.5 Å². The molecule has 0 spiro atoms. The highest BCUT2D eigenvalue weighted by Gasteiger charge is 2.33. The third kappa shape index (κ3) is 5.84. The predicted octanol–water partition coefficient (Wildman–Crippen LogP) is 5.13. The molecule has 10 heteroatoms. The smallest absolute Gasteiger partial charge is 0.338 e. The summed E-state index contributed by atoms with van der Waals surface area (Å²) in [7, 11) is 2.88. The maximum absolute atomic E-state index is 14.0. The van der Waals surface area contributed by atoms with E-state index in [1.807, 2.05) is 49.4 Å². The van der Waals surface area contributed by atoms with Gasteiger partial charge in [-0.1, -0.05) is 60.7 Å². The number of ether oxygens (including phenoxy) is 3. The molecule has 0 N–H and O–H groups in total. The maximum atomic E-state index is 14.0. The summed E-state index contributed by atoms with van der Waals surface area (Å²) in [6, 6.07) is 18.5. The van der Waals surface area contributed by atoms with E-state index >= 15 is 0 Å². The fourth-order valence-electron chi connectivity index (χ4n) is 4.69. The molecule has 1 atom stereocenters. The molecule has 5 rings (SSSR count). The van der Waals surface area contributed by atoms with Crippen LogP contribution in [0.3, 0.4) is 0 Å². The van der Waals surface area contributed by atoms with Crippen LogP contribution in [0.4, 0.5) is 4.39 Å². The number of benzene rings is 3. The number of carbonyl (C=O) groups is 1. The molecule has 41 heavy (non-hydrogen) atoms. The van der Waals surface area contributed by atoms with Gasteiger partial charge in [-0.15, -0.1) is 0 Å². The highest BCUT2D eigenvalue weighted by Crippen LogP contribution is 2.35. The second-order valence-corrected chi connectivity index (χ2v) is 11.4. The van der Waals surface area contributed by atoms with Crippen molar-refractivity contribution < 1.29 is 23.4 Å². The van der Waals surface area contributed by atoms with Gasteiger partial charge in [0.15, 0.2) is 16.3 Å². The van der Waals surface area contributed by atoms with Crippen molar-refractivity contribution in [3.8, 4) is 11.5 Å². The lowest BCUT2D eigenvalue weighted by atomic mass is 9.95. The minimum Gasteiger partial charge on any atom is -0.493 e. The van der Waals surface area contributed by atoms with E-state index in [4.69, 9.17) is 19.2 Å². The van der Waals surface area contributed by atoms with E-state index in [-0.39, 0.29) is 18.0 Å². The van der Waals surface area contributed by atoms with E-state index in [0.717, 1.165) is 14.7 Å². The molecule has 0 unspecified atom stereocenters. The minimum atomic E-state index is -0.684. The fraction of sp³-hybridized carbons (Fsp3) is 0.194. The first-order valence-electron chi connectivity index (χ1n) is 12.8. The Balaban J connectivity index is 1.67. The number of methoxy groups -OCH3 is 2. The summed E-state index contributed by atoms with van der Waals surface area (Å²) in [5.74, 6) is 0.105. The quantitative estimate of drug-likeness (QED) is 0.190. The lowest BCUT2D eigenvalue weighted by Gasteiger charge is -2.25. The van der Waals surface area contributed by atoms with E-state index in [1.54, 1.807) is 29.9 Å². The number of hydrogen-bond donors (Lipinski definition) is 0. The van der Waals surface area contributed by atoms with Gasteiger partial charge in [0, 0.05) is 9.13 Å². The van der Waals surface area contributed by atoms with Crippen molar-refractivity contribution in [2.45, 2.75) is 26.0 Å². The second-order valence-electron chi connectivity index (χ2n) is 9.14. The number of hydrogen-bond acceptors (Lipinski definition) is 7. The molecule has 4 aromatic rings. The van der Waals surface area contributed by atoms with Gasteiger partial charge in [-0.25, -0.2) is 14.2 Å². The summed E-state index contributed by atoms with van der Waals surface area (Å²) in [6.07, 6.45) is 2.25. The van der Waals surface area contributed by atoms with Gasteiger partial charge in [0.1, 0.15) is 12.4 Å². The van der Waals surface area contributed by atoms with Crippen LogP contribution in [0.1, 0.15) is 36.1 Å². The summed E-state index contributed by atoms with van der Waals surface area (Å²) >= 11 is 3.42. The molecule has 0 saturated carbocycles. The van der Waals surface area contributed by atoms with Crippen molar-refractivity contribution in [3.05, 3.63) is 124 Å². The van der Waals surface area contributed by atoms with Crippen LogP contribution in [0.15, 0.2) is 87.8 Å². The molecular formula is C31H26FIN2O5S. The van der Waals surface area contributed by atoms with Gasteiger partial charge in [-0.3, -0.25) is 9.36 Å². The Kier molecular flexibility index (Phi) is 8.69. The molecule has 7 nitrogen and oxygen atoms in total. The number of rotatable bonds is 8. The van der Waals surface area contributed by atoms with Gasteiger partial charge in [0.05, 0.1) is 36.1 Å². The molecular weight excluding hydrogens is 658 g/mol. The topological polar surface area (TPSA) is 79.1 Å². The minimum absolute atomic E-state index is 0.176. The van der Waals surface area contributed by atoms with Gasteiger partial charge >= 0.3 is 5.97 Å². The van der Waals surface area contributed by atoms with Gasteiger partial charge in [-0.2, -0.15) is 0 Å². The highest BCUT2D eigenvalue weighted by molar-refractivity contribution is 14.1. The molecule has 1 aromatic heterocycles. The van der Waals surface area contributed by atoms with Crippen LogP contribution in [-0.2, 0) is 16.1 Å². The van der Waals surface area contributed by atoms with Gasteiger partial charge in [0.25, 0.3) is 5.56 Å². The molecule has 0 fully saturated rings. The van der Waals surface area contributed by atoms with Crippen LogP contribution in [0.25, 0.3) is 6.08 Å². The predicted molar refractivity (Wildman–Crippen MR) is 163 cm³/mol. The molecule has 2 heterocycles. The molecule has 0 aliphatic carbocycles. The zero-order valence-corrected chi connectivity index (χ0v) is 25.5. The van der Waals surface area contributed by atoms with E-state index in [9.17, 15) is 14.0 Å². The Morgan fingerprint density at radius 1 is 1.12 bits per heavy atom. The van der Waals surface area contributed by atoms with Crippen molar-refractivity contribution in [1.29, 1.82) is 0 Å². The Bertz CT molecular complexity index is 1810. The van der Waals surface area contributed by atoms with Crippen molar-refractivity contribution in [2.24, 2.45) is 4.99 Å². The van der Waals surface area contributed by atoms with E-state index in [0.29, 0.717) is 44.1 Å². The average Bonchev–Trinajstić information content (AvgIpc) is 3.30. The van der Waals surface area contributed by atoms with Crippen LogP contribution < -0.4 is 24.4 Å². The van der Waals surface area contributed by atoms with Crippen LogP contribution >= 0.6 is 33.9 Å². The van der Waals surface area contributed by atoms with Crippen molar-refractivity contribution >= 4 is 46.0 Å². The molecule has 0 radical (unpaired) electrons. The van der Waals surface area contributed by atoms with Gasteiger partial charge in [0.2, 0.25) is 0 Å². The lowest BCUT2D eigenvalue weighted by molar-refractivity contribution is -0.136. The zero-order valence-electron chi connectivity index (χ0n) is 22.5. The third-order valence-electron chi connectivity index (χ3n) is 6.62. The van der Waals surface area contributed by atoms with Gasteiger partial charge in [-0.05, 0) is 70.5 Å². The van der Waals surface area contributed by atoms with Crippen molar-refractivity contribution in [3.63, 3.8) is 0 Å². The Morgan fingerprint density at radius 3 is 2.51 bits per heavy atom. The maximum Gasteiger partial charge on any atom is 0.338 e.